The molecule has 0 saturated carbocycles. The molecule has 0 aliphatic heterocycles. The zero-order valence-corrected chi connectivity index (χ0v) is 17.0. The fourth-order valence-corrected chi connectivity index (χ4v) is 4.14. The van der Waals surface area contributed by atoms with E-state index >= 15 is 0 Å². The van der Waals surface area contributed by atoms with E-state index in [-0.39, 0.29) is 17.5 Å². The van der Waals surface area contributed by atoms with Crippen LogP contribution in [0.1, 0.15) is 51.0 Å². The van der Waals surface area contributed by atoms with Crippen molar-refractivity contribution in [2.24, 2.45) is 0 Å². The fourth-order valence-electron chi connectivity index (χ4n) is 3.11. The minimum absolute atomic E-state index is 0.195. The summed E-state index contributed by atoms with van der Waals surface area (Å²) in [6.45, 7) is 8.58. The molecule has 0 radical (unpaired) electrons. The molecular weight excluding hydrogens is 360 g/mol. The summed E-state index contributed by atoms with van der Waals surface area (Å²) in [5.41, 5.74) is 2.77. The Morgan fingerprint density at radius 3 is 2.41 bits per heavy atom. The van der Waals surface area contributed by atoms with E-state index in [9.17, 15) is 8.42 Å². The number of fused-ring (bicyclic) bond motifs is 1. The quantitative estimate of drug-likeness (QED) is 0.672. The molecule has 0 unspecified atom stereocenters. The highest BCUT2D eigenvalue weighted by molar-refractivity contribution is 7.89. The van der Waals surface area contributed by atoms with Crippen LogP contribution in [0.15, 0.2) is 47.5 Å². The highest BCUT2D eigenvalue weighted by Gasteiger charge is 2.17. The molecule has 144 valence electrons. The summed E-state index contributed by atoms with van der Waals surface area (Å²) >= 11 is 0. The zero-order chi connectivity index (χ0) is 19.6. The lowest BCUT2D eigenvalue weighted by Crippen LogP contribution is -2.27. The normalized spacial score (nSPS) is 12.4. The van der Waals surface area contributed by atoms with Crippen LogP contribution in [0.4, 0.5) is 0 Å². The van der Waals surface area contributed by atoms with Crippen molar-refractivity contribution in [3.63, 3.8) is 0 Å². The summed E-state index contributed by atoms with van der Waals surface area (Å²) in [6, 6.07) is 11.0. The van der Waals surface area contributed by atoms with Crippen molar-refractivity contribution in [1.29, 1.82) is 0 Å². The first-order chi connectivity index (χ1) is 12.8. The molecule has 0 bridgehead atoms. The molecule has 0 aliphatic rings. The van der Waals surface area contributed by atoms with Crippen molar-refractivity contribution in [3.05, 3.63) is 54.0 Å². The molecule has 0 saturated heterocycles. The molecule has 2 aromatic heterocycles. The van der Waals surface area contributed by atoms with E-state index in [1.807, 2.05) is 24.3 Å². The number of hydrogen-bond acceptors (Lipinski definition) is 4. The van der Waals surface area contributed by atoms with E-state index < -0.39 is 10.0 Å². The summed E-state index contributed by atoms with van der Waals surface area (Å²) in [5, 5.41) is 0. The third kappa shape index (κ3) is 4.20. The second-order valence-corrected chi connectivity index (χ2v) is 8.98. The van der Waals surface area contributed by atoms with Gasteiger partial charge in [-0.25, -0.2) is 23.1 Å². The van der Waals surface area contributed by atoms with Gasteiger partial charge in [-0.15, -0.1) is 0 Å². The Kier molecular flexibility index (Phi) is 5.62. The average Bonchev–Trinajstić information content (AvgIpc) is 3.00. The Bertz CT molecular complexity index is 1020. The van der Waals surface area contributed by atoms with Crippen molar-refractivity contribution < 1.29 is 8.42 Å². The summed E-state index contributed by atoms with van der Waals surface area (Å²) in [6.07, 6.45) is 2.24. The summed E-state index contributed by atoms with van der Waals surface area (Å²) in [5.74, 6) is 1.20. The molecule has 3 rings (SSSR count). The number of rotatable bonds is 7. The topological polar surface area (TPSA) is 76.9 Å². The van der Waals surface area contributed by atoms with Gasteiger partial charge in [0.05, 0.1) is 4.90 Å². The van der Waals surface area contributed by atoms with E-state index in [1.54, 1.807) is 18.3 Å². The molecule has 1 aromatic carbocycles. The van der Waals surface area contributed by atoms with E-state index in [0.717, 1.165) is 22.6 Å². The first kappa shape index (κ1) is 19.5. The van der Waals surface area contributed by atoms with Crippen LogP contribution in [-0.2, 0) is 16.4 Å². The Morgan fingerprint density at radius 1 is 1.07 bits per heavy atom. The molecule has 3 aromatic rings. The van der Waals surface area contributed by atoms with Gasteiger partial charge in [-0.2, -0.15) is 0 Å². The van der Waals surface area contributed by atoms with Gasteiger partial charge in [-0.1, -0.05) is 26.0 Å². The highest BCUT2D eigenvalue weighted by Crippen LogP contribution is 2.20. The molecule has 0 aliphatic carbocycles. The Labute approximate surface area is 160 Å². The van der Waals surface area contributed by atoms with Gasteiger partial charge in [-0.3, -0.25) is 0 Å². The van der Waals surface area contributed by atoms with Gasteiger partial charge < -0.3 is 4.57 Å². The number of nitrogens with one attached hydrogen (secondary N) is 1. The van der Waals surface area contributed by atoms with Gasteiger partial charge >= 0.3 is 0 Å². The van der Waals surface area contributed by atoms with Gasteiger partial charge in [0.2, 0.25) is 10.0 Å². The molecule has 0 atom stereocenters. The van der Waals surface area contributed by atoms with Crippen LogP contribution >= 0.6 is 0 Å². The van der Waals surface area contributed by atoms with Crippen LogP contribution in [0.2, 0.25) is 0 Å². The number of hydrogen-bond donors (Lipinski definition) is 1. The van der Waals surface area contributed by atoms with Gasteiger partial charge in [0.1, 0.15) is 11.3 Å². The Balaban J connectivity index is 1.74. The van der Waals surface area contributed by atoms with Crippen LogP contribution in [-0.4, -0.2) is 29.5 Å². The zero-order valence-electron chi connectivity index (χ0n) is 16.2. The van der Waals surface area contributed by atoms with Crippen molar-refractivity contribution >= 4 is 21.2 Å². The Morgan fingerprint density at radius 2 is 1.78 bits per heavy atom. The van der Waals surface area contributed by atoms with Crippen LogP contribution in [0, 0.1) is 0 Å². The number of pyridine rings is 1. The molecule has 0 amide bonds. The Hall–Kier alpha value is -2.25. The largest absolute Gasteiger partial charge is 0.310 e. The van der Waals surface area contributed by atoms with E-state index in [0.29, 0.717) is 12.3 Å². The summed E-state index contributed by atoms with van der Waals surface area (Å²) in [4.78, 5) is 9.32. The lowest BCUT2D eigenvalue weighted by Gasteiger charge is -2.13. The van der Waals surface area contributed by atoms with Crippen LogP contribution < -0.4 is 4.72 Å². The van der Waals surface area contributed by atoms with Crippen LogP contribution in [0.3, 0.4) is 0 Å². The highest BCUT2D eigenvalue weighted by atomic mass is 32.2. The van der Waals surface area contributed by atoms with E-state index in [2.05, 4.69) is 47.0 Å². The maximum Gasteiger partial charge on any atom is 0.240 e. The van der Waals surface area contributed by atoms with E-state index in [4.69, 9.17) is 0 Å². The predicted octanol–water partition coefficient (Wildman–Crippen LogP) is 3.66. The fraction of sp³-hybridized carbons (Fsp3) is 0.400. The molecule has 7 heteroatoms. The average molecular weight is 387 g/mol. The predicted molar refractivity (Wildman–Crippen MR) is 107 cm³/mol. The maximum atomic E-state index is 12.5. The minimum Gasteiger partial charge on any atom is -0.310 e. The standard InChI is InChI=1S/C20H26N4O2S/c1-14(2)16-7-9-17(10-8-16)27(25,26)22-13-11-19-23-18-6-5-12-21-20(18)24(19)15(3)4/h5-10,12,14-15,22H,11,13H2,1-4H3. The minimum atomic E-state index is -3.54. The smallest absolute Gasteiger partial charge is 0.240 e. The monoisotopic (exact) mass is 386 g/mol. The number of aromatic nitrogens is 3. The maximum absolute atomic E-state index is 12.5. The molecule has 0 spiro atoms. The van der Waals surface area contributed by atoms with Crippen molar-refractivity contribution in [2.45, 2.75) is 51.0 Å². The van der Waals surface area contributed by atoms with Crippen molar-refractivity contribution in [3.8, 4) is 0 Å². The first-order valence-corrected chi connectivity index (χ1v) is 10.7. The molecule has 1 N–H and O–H groups in total. The van der Waals surface area contributed by atoms with Gasteiger partial charge in [0, 0.05) is 25.2 Å². The number of imidazole rings is 1. The lowest BCUT2D eigenvalue weighted by atomic mass is 10.0. The molecule has 2 heterocycles. The second kappa shape index (κ2) is 7.78. The SMILES string of the molecule is CC(C)c1ccc(S(=O)(=O)NCCc2nc3cccnc3n2C(C)C)cc1. The van der Waals surface area contributed by atoms with Crippen LogP contribution in [0.5, 0.6) is 0 Å². The third-order valence-electron chi connectivity index (χ3n) is 4.54. The molecular formula is C20H26N4O2S. The van der Waals surface area contributed by atoms with Gasteiger partial charge in [-0.05, 0) is 49.6 Å². The molecule has 6 nitrogen and oxygen atoms in total. The van der Waals surface area contributed by atoms with Crippen molar-refractivity contribution in [1.82, 2.24) is 19.3 Å². The van der Waals surface area contributed by atoms with Gasteiger partial charge in [0.25, 0.3) is 0 Å². The number of nitrogens with zero attached hydrogens (tertiary/aromatic N) is 3. The summed E-state index contributed by atoms with van der Waals surface area (Å²) < 4.78 is 29.8. The second-order valence-electron chi connectivity index (χ2n) is 7.21. The first-order valence-electron chi connectivity index (χ1n) is 9.21. The van der Waals surface area contributed by atoms with E-state index in [1.165, 1.54) is 0 Å². The number of benzene rings is 1. The third-order valence-corrected chi connectivity index (χ3v) is 6.01. The van der Waals surface area contributed by atoms with Gasteiger partial charge in [0.15, 0.2) is 5.65 Å². The van der Waals surface area contributed by atoms with Crippen LogP contribution in [0.25, 0.3) is 11.2 Å². The number of sulfonamides is 1. The molecule has 27 heavy (non-hydrogen) atoms. The van der Waals surface area contributed by atoms with Crippen molar-refractivity contribution in [2.75, 3.05) is 6.54 Å². The molecule has 0 fully saturated rings. The summed E-state index contributed by atoms with van der Waals surface area (Å²) in [7, 11) is -3.54. The lowest BCUT2D eigenvalue weighted by molar-refractivity contribution is 0.565.